The quantitative estimate of drug-likeness (QED) is 0.760. The molecule has 0 saturated heterocycles. The number of aryl methyl sites for hydroxylation is 1. The minimum atomic E-state index is -0.334. The van der Waals surface area contributed by atoms with E-state index in [-0.39, 0.29) is 5.97 Å². The molecule has 0 aliphatic rings. The lowest BCUT2D eigenvalue weighted by Crippen LogP contribution is -2.06. The van der Waals surface area contributed by atoms with Crippen molar-refractivity contribution in [2.24, 2.45) is 7.05 Å². The van der Waals surface area contributed by atoms with Crippen molar-refractivity contribution in [3.05, 3.63) is 42.1 Å². The van der Waals surface area contributed by atoms with Gasteiger partial charge in [-0.2, -0.15) is 5.10 Å². The zero-order valence-corrected chi connectivity index (χ0v) is 9.88. The van der Waals surface area contributed by atoms with Crippen molar-refractivity contribution in [2.45, 2.75) is 6.92 Å². The molecule has 2 rings (SSSR count). The number of aromatic nitrogens is 2. The predicted molar refractivity (Wildman–Crippen MR) is 64.6 cm³/mol. The molecule has 4 nitrogen and oxygen atoms in total. The van der Waals surface area contributed by atoms with E-state index in [4.69, 9.17) is 4.74 Å². The van der Waals surface area contributed by atoms with Crippen LogP contribution in [0.1, 0.15) is 17.3 Å². The van der Waals surface area contributed by atoms with Gasteiger partial charge in [-0.3, -0.25) is 4.68 Å². The highest BCUT2D eigenvalue weighted by molar-refractivity contribution is 5.96. The molecule has 0 aliphatic carbocycles. The summed E-state index contributed by atoms with van der Waals surface area (Å²) in [6.07, 6.45) is 1.54. The molecule has 0 atom stereocenters. The van der Waals surface area contributed by atoms with Gasteiger partial charge in [0.25, 0.3) is 0 Å². The smallest absolute Gasteiger partial charge is 0.341 e. The molecule has 0 amide bonds. The summed E-state index contributed by atoms with van der Waals surface area (Å²) >= 11 is 0. The van der Waals surface area contributed by atoms with Gasteiger partial charge in [-0.25, -0.2) is 4.79 Å². The fourth-order valence-corrected chi connectivity index (χ4v) is 1.73. The first-order valence-corrected chi connectivity index (χ1v) is 5.48. The number of hydrogen-bond acceptors (Lipinski definition) is 3. The lowest BCUT2D eigenvalue weighted by Gasteiger charge is -2.05. The summed E-state index contributed by atoms with van der Waals surface area (Å²) in [5.74, 6) is -0.334. The Morgan fingerprint density at radius 1 is 1.35 bits per heavy atom. The van der Waals surface area contributed by atoms with Crippen LogP contribution < -0.4 is 0 Å². The van der Waals surface area contributed by atoms with Crippen LogP contribution in [0.3, 0.4) is 0 Å². The molecule has 0 aliphatic heterocycles. The molecule has 0 bridgehead atoms. The maximum absolute atomic E-state index is 11.8. The summed E-state index contributed by atoms with van der Waals surface area (Å²) in [4.78, 5) is 11.8. The number of hydrogen-bond donors (Lipinski definition) is 0. The monoisotopic (exact) mass is 230 g/mol. The fourth-order valence-electron chi connectivity index (χ4n) is 1.73. The molecular weight excluding hydrogens is 216 g/mol. The SMILES string of the molecule is CCOC(=O)c1cnn(C)c1-c1ccccc1. The van der Waals surface area contributed by atoms with E-state index in [0.29, 0.717) is 12.2 Å². The highest BCUT2D eigenvalue weighted by Gasteiger charge is 2.18. The Kier molecular flexibility index (Phi) is 3.23. The van der Waals surface area contributed by atoms with Crippen molar-refractivity contribution >= 4 is 5.97 Å². The molecule has 0 fully saturated rings. The summed E-state index contributed by atoms with van der Waals surface area (Å²) in [5.41, 5.74) is 2.24. The van der Waals surface area contributed by atoms with Crippen LogP contribution in [0, 0.1) is 0 Å². The molecule has 17 heavy (non-hydrogen) atoms. The van der Waals surface area contributed by atoms with Gasteiger partial charge in [-0.15, -0.1) is 0 Å². The largest absolute Gasteiger partial charge is 0.462 e. The maximum Gasteiger partial charge on any atom is 0.341 e. The van der Waals surface area contributed by atoms with Crippen LogP contribution in [0.25, 0.3) is 11.3 Å². The van der Waals surface area contributed by atoms with Gasteiger partial charge in [0.1, 0.15) is 5.56 Å². The third-order valence-corrected chi connectivity index (χ3v) is 2.48. The predicted octanol–water partition coefficient (Wildman–Crippen LogP) is 2.26. The Labute approximate surface area is 99.8 Å². The molecule has 1 aromatic carbocycles. The van der Waals surface area contributed by atoms with Crippen molar-refractivity contribution < 1.29 is 9.53 Å². The van der Waals surface area contributed by atoms with Crippen molar-refractivity contribution in [3.8, 4) is 11.3 Å². The van der Waals surface area contributed by atoms with Crippen LogP contribution in [0.2, 0.25) is 0 Å². The normalized spacial score (nSPS) is 10.2. The van der Waals surface area contributed by atoms with Crippen LogP contribution >= 0.6 is 0 Å². The molecule has 4 heteroatoms. The minimum Gasteiger partial charge on any atom is -0.462 e. The van der Waals surface area contributed by atoms with E-state index in [0.717, 1.165) is 11.3 Å². The molecule has 0 unspecified atom stereocenters. The van der Waals surface area contributed by atoms with E-state index in [9.17, 15) is 4.79 Å². The summed E-state index contributed by atoms with van der Waals surface area (Å²) in [6.45, 7) is 2.15. The number of rotatable bonds is 3. The Bertz CT molecular complexity index is 517. The van der Waals surface area contributed by atoms with Crippen LogP contribution in [-0.4, -0.2) is 22.4 Å². The third kappa shape index (κ3) is 2.20. The molecule has 0 N–H and O–H groups in total. The molecular formula is C13H14N2O2. The van der Waals surface area contributed by atoms with E-state index in [1.807, 2.05) is 37.4 Å². The van der Waals surface area contributed by atoms with Gasteiger partial charge in [-0.05, 0) is 6.92 Å². The molecule has 1 aromatic heterocycles. The Balaban J connectivity index is 2.47. The average Bonchev–Trinajstić information content (AvgIpc) is 2.73. The lowest BCUT2D eigenvalue weighted by molar-refractivity contribution is 0.0527. The molecule has 0 radical (unpaired) electrons. The third-order valence-electron chi connectivity index (χ3n) is 2.48. The molecule has 1 heterocycles. The van der Waals surface area contributed by atoms with E-state index in [2.05, 4.69) is 5.10 Å². The van der Waals surface area contributed by atoms with Crippen molar-refractivity contribution in [2.75, 3.05) is 6.61 Å². The summed E-state index contributed by atoms with van der Waals surface area (Å²) < 4.78 is 6.69. The number of nitrogens with zero attached hydrogens (tertiary/aromatic N) is 2. The van der Waals surface area contributed by atoms with Crippen LogP contribution in [0.4, 0.5) is 0 Å². The minimum absolute atomic E-state index is 0.334. The van der Waals surface area contributed by atoms with Crippen LogP contribution in [0.5, 0.6) is 0 Å². The number of ether oxygens (including phenoxy) is 1. The average molecular weight is 230 g/mol. The molecule has 0 spiro atoms. The van der Waals surface area contributed by atoms with Gasteiger partial charge in [0, 0.05) is 12.6 Å². The summed E-state index contributed by atoms with van der Waals surface area (Å²) in [7, 11) is 1.81. The fraction of sp³-hybridized carbons (Fsp3) is 0.231. The molecule has 2 aromatic rings. The highest BCUT2D eigenvalue weighted by atomic mass is 16.5. The second-order valence-corrected chi connectivity index (χ2v) is 3.62. The van der Waals surface area contributed by atoms with E-state index >= 15 is 0 Å². The Hall–Kier alpha value is -2.10. The van der Waals surface area contributed by atoms with E-state index in [1.54, 1.807) is 17.8 Å². The Morgan fingerprint density at radius 3 is 2.71 bits per heavy atom. The first-order chi connectivity index (χ1) is 8.24. The zero-order valence-electron chi connectivity index (χ0n) is 9.88. The van der Waals surface area contributed by atoms with Crippen LogP contribution in [0.15, 0.2) is 36.5 Å². The highest BCUT2D eigenvalue weighted by Crippen LogP contribution is 2.23. The first kappa shape index (κ1) is 11.4. The van der Waals surface area contributed by atoms with E-state index < -0.39 is 0 Å². The van der Waals surface area contributed by atoms with Gasteiger partial charge in [-0.1, -0.05) is 30.3 Å². The Morgan fingerprint density at radius 2 is 2.06 bits per heavy atom. The standard InChI is InChI=1S/C13H14N2O2/c1-3-17-13(16)11-9-14-15(2)12(11)10-7-5-4-6-8-10/h4-9H,3H2,1-2H3. The van der Waals surface area contributed by atoms with Gasteiger partial charge in [0.2, 0.25) is 0 Å². The lowest BCUT2D eigenvalue weighted by atomic mass is 10.1. The first-order valence-electron chi connectivity index (χ1n) is 5.48. The number of carbonyl (C=O) groups excluding carboxylic acids is 1. The van der Waals surface area contributed by atoms with Crippen molar-refractivity contribution in [1.82, 2.24) is 9.78 Å². The van der Waals surface area contributed by atoms with Crippen LogP contribution in [-0.2, 0) is 11.8 Å². The number of carbonyl (C=O) groups is 1. The number of esters is 1. The molecule has 88 valence electrons. The van der Waals surface area contributed by atoms with Gasteiger partial charge >= 0.3 is 5.97 Å². The molecule has 0 saturated carbocycles. The van der Waals surface area contributed by atoms with Gasteiger partial charge in [0.05, 0.1) is 18.5 Å². The topological polar surface area (TPSA) is 44.1 Å². The second kappa shape index (κ2) is 4.82. The zero-order chi connectivity index (χ0) is 12.3. The van der Waals surface area contributed by atoms with Gasteiger partial charge in [0.15, 0.2) is 0 Å². The number of benzene rings is 1. The summed E-state index contributed by atoms with van der Waals surface area (Å²) in [5, 5.41) is 4.11. The van der Waals surface area contributed by atoms with Crippen molar-refractivity contribution in [3.63, 3.8) is 0 Å². The maximum atomic E-state index is 11.8. The van der Waals surface area contributed by atoms with Crippen molar-refractivity contribution in [1.29, 1.82) is 0 Å². The van der Waals surface area contributed by atoms with Gasteiger partial charge < -0.3 is 4.74 Å². The van der Waals surface area contributed by atoms with E-state index in [1.165, 1.54) is 0 Å². The second-order valence-electron chi connectivity index (χ2n) is 3.62. The summed E-state index contributed by atoms with van der Waals surface area (Å²) in [6, 6.07) is 9.68.